The van der Waals surface area contributed by atoms with Crippen LogP contribution in [-0.4, -0.2) is 29.4 Å². The highest BCUT2D eigenvalue weighted by atomic mass is 79.9. The van der Waals surface area contributed by atoms with Crippen molar-refractivity contribution in [2.45, 2.75) is 13.5 Å². The number of halogens is 1. The third-order valence-electron chi connectivity index (χ3n) is 2.76. The van der Waals surface area contributed by atoms with Gasteiger partial charge in [-0.05, 0) is 52.0 Å². The van der Waals surface area contributed by atoms with Gasteiger partial charge in [0, 0.05) is 26.3 Å². The van der Waals surface area contributed by atoms with Gasteiger partial charge in [-0.25, -0.2) is 4.98 Å². The third kappa shape index (κ3) is 3.80. The fourth-order valence-corrected chi connectivity index (χ4v) is 3.00. The largest absolute Gasteiger partial charge is 0.370 e. The predicted molar refractivity (Wildman–Crippen MR) is 86.2 cm³/mol. The molecule has 0 fully saturated rings. The molecule has 0 aliphatic carbocycles. The van der Waals surface area contributed by atoms with Gasteiger partial charge < -0.3 is 10.2 Å². The summed E-state index contributed by atoms with van der Waals surface area (Å²) in [4.78, 5) is 18.2. The van der Waals surface area contributed by atoms with E-state index in [2.05, 4.69) is 26.2 Å². The van der Waals surface area contributed by atoms with Crippen LogP contribution in [0.15, 0.2) is 33.6 Å². The van der Waals surface area contributed by atoms with Crippen molar-refractivity contribution in [2.75, 3.05) is 18.9 Å². The molecular formula is C14H16BrN3OS. The highest BCUT2D eigenvalue weighted by Gasteiger charge is 2.13. The second-order valence-corrected chi connectivity index (χ2v) is 6.67. The van der Waals surface area contributed by atoms with E-state index in [1.54, 1.807) is 35.5 Å². The third-order valence-corrected chi connectivity index (χ3v) is 4.31. The zero-order valence-corrected chi connectivity index (χ0v) is 13.8. The molecule has 6 heteroatoms. The summed E-state index contributed by atoms with van der Waals surface area (Å²) in [5.41, 5.74) is 1.72. The van der Waals surface area contributed by atoms with Crippen LogP contribution in [0.25, 0.3) is 0 Å². The van der Waals surface area contributed by atoms with Crippen molar-refractivity contribution in [1.82, 2.24) is 9.88 Å². The molecule has 0 aliphatic rings. The Morgan fingerprint density at radius 2 is 2.30 bits per heavy atom. The first-order chi connectivity index (χ1) is 9.60. The van der Waals surface area contributed by atoms with Crippen LogP contribution in [0.3, 0.4) is 0 Å². The van der Waals surface area contributed by atoms with E-state index in [1.807, 2.05) is 24.4 Å². The maximum Gasteiger partial charge on any atom is 0.255 e. The average Bonchev–Trinajstić information content (AvgIpc) is 2.84. The lowest BCUT2D eigenvalue weighted by atomic mass is 10.2. The summed E-state index contributed by atoms with van der Waals surface area (Å²) in [5.74, 6) is 0.760. The Morgan fingerprint density at radius 3 is 2.85 bits per heavy atom. The van der Waals surface area contributed by atoms with E-state index in [4.69, 9.17) is 0 Å². The highest BCUT2D eigenvalue weighted by molar-refractivity contribution is 9.11. The quantitative estimate of drug-likeness (QED) is 0.892. The SMILES string of the molecule is CCNc1ccc(C(=O)N(C)Cc2csc(Br)c2)cn1. The number of aromatic nitrogens is 1. The van der Waals surface area contributed by atoms with Crippen LogP contribution in [0.2, 0.25) is 0 Å². The summed E-state index contributed by atoms with van der Waals surface area (Å²) in [7, 11) is 1.80. The highest BCUT2D eigenvalue weighted by Crippen LogP contribution is 2.21. The van der Waals surface area contributed by atoms with Crippen LogP contribution in [0.1, 0.15) is 22.8 Å². The maximum absolute atomic E-state index is 12.3. The normalized spacial score (nSPS) is 10.3. The Kier molecular flexibility index (Phi) is 5.14. The van der Waals surface area contributed by atoms with Crippen molar-refractivity contribution in [2.24, 2.45) is 0 Å². The molecular weight excluding hydrogens is 338 g/mol. The number of hydrogen-bond acceptors (Lipinski definition) is 4. The molecule has 0 saturated carbocycles. The van der Waals surface area contributed by atoms with E-state index in [-0.39, 0.29) is 5.91 Å². The van der Waals surface area contributed by atoms with E-state index in [1.165, 1.54) is 0 Å². The van der Waals surface area contributed by atoms with Gasteiger partial charge in [0.15, 0.2) is 0 Å². The Bertz CT molecular complexity index is 582. The van der Waals surface area contributed by atoms with Crippen LogP contribution in [-0.2, 0) is 6.54 Å². The molecule has 4 nitrogen and oxygen atoms in total. The summed E-state index contributed by atoms with van der Waals surface area (Å²) >= 11 is 5.04. The van der Waals surface area contributed by atoms with Gasteiger partial charge in [-0.1, -0.05) is 0 Å². The maximum atomic E-state index is 12.3. The minimum absolute atomic E-state index is 0.0251. The summed E-state index contributed by atoms with van der Waals surface area (Å²) in [6.07, 6.45) is 1.61. The minimum atomic E-state index is -0.0251. The first-order valence-electron chi connectivity index (χ1n) is 6.28. The number of nitrogens with one attached hydrogen (secondary N) is 1. The molecule has 2 aromatic rings. The number of carbonyl (C=O) groups is 1. The van der Waals surface area contributed by atoms with Gasteiger partial charge in [-0.3, -0.25) is 4.79 Å². The number of hydrogen-bond donors (Lipinski definition) is 1. The van der Waals surface area contributed by atoms with E-state index >= 15 is 0 Å². The number of pyridine rings is 1. The van der Waals surface area contributed by atoms with Crippen molar-refractivity contribution in [3.05, 3.63) is 44.7 Å². The van der Waals surface area contributed by atoms with Gasteiger partial charge in [0.25, 0.3) is 5.91 Å². The molecule has 0 spiro atoms. The second kappa shape index (κ2) is 6.85. The molecule has 0 unspecified atom stereocenters. The molecule has 0 aromatic carbocycles. The molecule has 2 aromatic heterocycles. The number of thiophene rings is 1. The lowest BCUT2D eigenvalue weighted by Gasteiger charge is -2.16. The molecule has 0 aliphatic heterocycles. The van der Waals surface area contributed by atoms with Crippen LogP contribution in [0.4, 0.5) is 5.82 Å². The average molecular weight is 354 g/mol. The molecule has 0 bridgehead atoms. The van der Waals surface area contributed by atoms with Crippen LogP contribution in [0, 0.1) is 0 Å². The Hall–Kier alpha value is -1.40. The standard InChI is InChI=1S/C14H16BrN3OS/c1-3-16-13-5-4-11(7-17-13)14(19)18(2)8-10-6-12(15)20-9-10/h4-7,9H,3,8H2,1-2H3,(H,16,17). The monoisotopic (exact) mass is 353 g/mol. The molecule has 2 rings (SSSR count). The van der Waals surface area contributed by atoms with Crippen molar-refractivity contribution in [3.8, 4) is 0 Å². The molecule has 1 amide bonds. The number of anilines is 1. The van der Waals surface area contributed by atoms with Crippen molar-refractivity contribution in [3.63, 3.8) is 0 Å². The zero-order valence-electron chi connectivity index (χ0n) is 11.4. The molecule has 0 atom stereocenters. The number of nitrogens with zero attached hydrogens (tertiary/aromatic N) is 2. The van der Waals surface area contributed by atoms with Gasteiger partial charge in [-0.15, -0.1) is 11.3 Å². The lowest BCUT2D eigenvalue weighted by molar-refractivity contribution is 0.0785. The van der Waals surface area contributed by atoms with Crippen molar-refractivity contribution in [1.29, 1.82) is 0 Å². The summed E-state index contributed by atoms with van der Waals surface area (Å²) < 4.78 is 1.07. The van der Waals surface area contributed by atoms with E-state index in [0.29, 0.717) is 12.1 Å². The van der Waals surface area contributed by atoms with E-state index in [0.717, 1.165) is 21.7 Å². The molecule has 1 N–H and O–H groups in total. The Balaban J connectivity index is 2.02. The molecule has 2 heterocycles. The van der Waals surface area contributed by atoms with Crippen LogP contribution >= 0.6 is 27.3 Å². The van der Waals surface area contributed by atoms with Crippen molar-refractivity contribution >= 4 is 39.0 Å². The van der Waals surface area contributed by atoms with Crippen LogP contribution in [0.5, 0.6) is 0 Å². The number of rotatable bonds is 5. The van der Waals surface area contributed by atoms with Crippen molar-refractivity contribution < 1.29 is 4.79 Å². The van der Waals surface area contributed by atoms with Gasteiger partial charge in [0.05, 0.1) is 9.35 Å². The fourth-order valence-electron chi connectivity index (χ4n) is 1.80. The number of carbonyl (C=O) groups excluding carboxylic acids is 1. The van der Waals surface area contributed by atoms with Gasteiger partial charge in [0.1, 0.15) is 5.82 Å². The Morgan fingerprint density at radius 1 is 1.50 bits per heavy atom. The zero-order chi connectivity index (χ0) is 14.5. The first kappa shape index (κ1) is 15.0. The predicted octanol–water partition coefficient (Wildman–Crippen LogP) is 3.61. The number of amides is 1. The van der Waals surface area contributed by atoms with Gasteiger partial charge >= 0.3 is 0 Å². The Labute approximate surface area is 131 Å². The lowest BCUT2D eigenvalue weighted by Crippen LogP contribution is -2.26. The summed E-state index contributed by atoms with van der Waals surface area (Å²) in [6.45, 7) is 3.41. The van der Waals surface area contributed by atoms with E-state index in [9.17, 15) is 4.79 Å². The van der Waals surface area contributed by atoms with E-state index < -0.39 is 0 Å². The van der Waals surface area contributed by atoms with Gasteiger partial charge in [-0.2, -0.15) is 0 Å². The topological polar surface area (TPSA) is 45.2 Å². The molecule has 20 heavy (non-hydrogen) atoms. The molecule has 106 valence electrons. The molecule has 0 radical (unpaired) electrons. The van der Waals surface area contributed by atoms with Crippen LogP contribution < -0.4 is 5.32 Å². The summed E-state index contributed by atoms with van der Waals surface area (Å²) in [6, 6.07) is 5.65. The summed E-state index contributed by atoms with van der Waals surface area (Å²) in [5, 5.41) is 5.15. The van der Waals surface area contributed by atoms with Gasteiger partial charge in [0.2, 0.25) is 0 Å². The minimum Gasteiger partial charge on any atom is -0.370 e. The fraction of sp³-hybridized carbons (Fsp3) is 0.286. The molecule has 0 saturated heterocycles. The second-order valence-electron chi connectivity index (χ2n) is 4.38. The first-order valence-corrected chi connectivity index (χ1v) is 7.95. The smallest absolute Gasteiger partial charge is 0.255 e.